The third-order valence-corrected chi connectivity index (χ3v) is 2.92. The molecule has 0 spiro atoms. The Labute approximate surface area is 108 Å². The van der Waals surface area contributed by atoms with Crippen LogP contribution >= 0.6 is 0 Å². The van der Waals surface area contributed by atoms with E-state index in [-0.39, 0.29) is 6.04 Å². The van der Waals surface area contributed by atoms with Crippen LogP contribution in [-0.4, -0.2) is 6.61 Å². The molecule has 0 aliphatic carbocycles. The maximum atomic E-state index is 5.48. The van der Waals surface area contributed by atoms with Crippen LogP contribution < -0.4 is 10.1 Å². The first kappa shape index (κ1) is 12.6. The van der Waals surface area contributed by atoms with Gasteiger partial charge in [-0.1, -0.05) is 0 Å². The van der Waals surface area contributed by atoms with Gasteiger partial charge in [-0.2, -0.15) is 0 Å². The van der Waals surface area contributed by atoms with Crippen LogP contribution in [-0.2, 0) is 0 Å². The van der Waals surface area contributed by atoms with Gasteiger partial charge < -0.3 is 14.5 Å². The molecule has 96 valence electrons. The molecule has 2 aromatic rings. The first-order valence-corrected chi connectivity index (χ1v) is 6.22. The van der Waals surface area contributed by atoms with Gasteiger partial charge in [0, 0.05) is 11.3 Å². The zero-order valence-corrected chi connectivity index (χ0v) is 11.1. The molecule has 1 aromatic heterocycles. The smallest absolute Gasteiger partial charge is 0.119 e. The van der Waals surface area contributed by atoms with Crippen molar-refractivity contribution < 1.29 is 9.15 Å². The Morgan fingerprint density at radius 2 is 2.17 bits per heavy atom. The zero-order chi connectivity index (χ0) is 13.0. The molecule has 1 N–H and O–H groups in total. The van der Waals surface area contributed by atoms with Crippen molar-refractivity contribution in [3.05, 3.63) is 47.9 Å². The van der Waals surface area contributed by atoms with Crippen molar-refractivity contribution in [1.82, 2.24) is 0 Å². The Morgan fingerprint density at radius 3 is 2.78 bits per heavy atom. The summed E-state index contributed by atoms with van der Waals surface area (Å²) in [6.45, 7) is 6.87. The summed E-state index contributed by atoms with van der Waals surface area (Å²) in [4.78, 5) is 0. The van der Waals surface area contributed by atoms with Gasteiger partial charge in [-0.3, -0.25) is 0 Å². The van der Waals surface area contributed by atoms with Crippen LogP contribution in [0, 0.1) is 6.92 Å². The van der Waals surface area contributed by atoms with E-state index in [0.717, 1.165) is 17.0 Å². The molecule has 0 aliphatic rings. The van der Waals surface area contributed by atoms with Crippen molar-refractivity contribution in [1.29, 1.82) is 0 Å². The maximum absolute atomic E-state index is 5.48. The van der Waals surface area contributed by atoms with E-state index < -0.39 is 0 Å². The third kappa shape index (κ3) is 2.86. The summed E-state index contributed by atoms with van der Waals surface area (Å²) in [5.74, 6) is 0.913. The lowest BCUT2D eigenvalue weighted by molar-refractivity contribution is 0.340. The molecular weight excluding hydrogens is 226 g/mol. The number of ether oxygens (including phenoxy) is 1. The Kier molecular flexibility index (Phi) is 3.92. The highest BCUT2D eigenvalue weighted by Crippen LogP contribution is 2.25. The SMILES string of the molecule is CCOc1ccc(NC(C)c2ccoc2)c(C)c1. The van der Waals surface area contributed by atoms with E-state index in [2.05, 4.69) is 25.2 Å². The highest BCUT2D eigenvalue weighted by molar-refractivity contribution is 5.54. The van der Waals surface area contributed by atoms with E-state index in [0.29, 0.717) is 6.61 Å². The summed E-state index contributed by atoms with van der Waals surface area (Å²) in [6.07, 6.45) is 3.46. The number of anilines is 1. The molecule has 0 bridgehead atoms. The highest BCUT2D eigenvalue weighted by Gasteiger charge is 2.08. The summed E-state index contributed by atoms with van der Waals surface area (Å²) in [6, 6.07) is 8.29. The molecule has 0 amide bonds. The summed E-state index contributed by atoms with van der Waals surface area (Å²) >= 11 is 0. The van der Waals surface area contributed by atoms with Gasteiger partial charge in [0.2, 0.25) is 0 Å². The van der Waals surface area contributed by atoms with Crippen LogP contribution in [0.25, 0.3) is 0 Å². The van der Waals surface area contributed by atoms with Crippen LogP contribution in [0.1, 0.15) is 31.0 Å². The minimum Gasteiger partial charge on any atom is -0.494 e. The largest absolute Gasteiger partial charge is 0.494 e. The number of furan rings is 1. The van der Waals surface area contributed by atoms with Gasteiger partial charge in [-0.05, 0) is 50.6 Å². The van der Waals surface area contributed by atoms with E-state index in [1.807, 2.05) is 25.1 Å². The lowest BCUT2D eigenvalue weighted by Gasteiger charge is -2.16. The summed E-state index contributed by atoms with van der Waals surface area (Å²) in [7, 11) is 0. The van der Waals surface area contributed by atoms with E-state index >= 15 is 0 Å². The molecule has 1 atom stereocenters. The second-order valence-electron chi connectivity index (χ2n) is 4.33. The van der Waals surface area contributed by atoms with Crippen LogP contribution in [0.2, 0.25) is 0 Å². The van der Waals surface area contributed by atoms with Gasteiger partial charge in [-0.25, -0.2) is 0 Å². The van der Waals surface area contributed by atoms with Crippen molar-refractivity contribution in [2.75, 3.05) is 11.9 Å². The molecule has 1 aromatic carbocycles. The Balaban J connectivity index is 2.10. The van der Waals surface area contributed by atoms with Gasteiger partial charge >= 0.3 is 0 Å². The number of aryl methyl sites for hydroxylation is 1. The van der Waals surface area contributed by atoms with Crippen LogP contribution in [0.3, 0.4) is 0 Å². The van der Waals surface area contributed by atoms with Gasteiger partial charge in [0.1, 0.15) is 5.75 Å². The van der Waals surface area contributed by atoms with E-state index in [1.54, 1.807) is 12.5 Å². The number of rotatable bonds is 5. The average molecular weight is 245 g/mol. The average Bonchev–Trinajstić information content (AvgIpc) is 2.86. The quantitative estimate of drug-likeness (QED) is 0.858. The molecule has 0 aliphatic heterocycles. The number of hydrogen-bond acceptors (Lipinski definition) is 3. The molecule has 3 nitrogen and oxygen atoms in total. The molecule has 2 rings (SSSR count). The molecule has 0 saturated heterocycles. The molecule has 1 heterocycles. The standard InChI is InChI=1S/C15H19NO2/c1-4-18-14-5-6-15(11(2)9-14)16-12(3)13-7-8-17-10-13/h5-10,12,16H,4H2,1-3H3. The first-order chi connectivity index (χ1) is 8.70. The van der Waals surface area contributed by atoms with Crippen molar-refractivity contribution in [3.63, 3.8) is 0 Å². The van der Waals surface area contributed by atoms with Gasteiger partial charge in [0.25, 0.3) is 0 Å². The van der Waals surface area contributed by atoms with Gasteiger partial charge in [0.05, 0.1) is 25.2 Å². The van der Waals surface area contributed by atoms with Gasteiger partial charge in [0.15, 0.2) is 0 Å². The third-order valence-electron chi connectivity index (χ3n) is 2.92. The van der Waals surface area contributed by atoms with Crippen LogP contribution in [0.4, 0.5) is 5.69 Å². The first-order valence-electron chi connectivity index (χ1n) is 6.22. The second-order valence-corrected chi connectivity index (χ2v) is 4.33. The van der Waals surface area contributed by atoms with Crippen molar-refractivity contribution in [3.8, 4) is 5.75 Å². The monoisotopic (exact) mass is 245 g/mol. The Bertz CT molecular complexity index is 491. The van der Waals surface area contributed by atoms with Crippen molar-refractivity contribution in [2.45, 2.75) is 26.8 Å². The number of hydrogen-bond donors (Lipinski definition) is 1. The molecule has 0 radical (unpaired) electrons. The summed E-state index contributed by atoms with van der Waals surface area (Å²) < 4.78 is 10.6. The minimum atomic E-state index is 0.223. The Morgan fingerprint density at radius 1 is 1.33 bits per heavy atom. The van der Waals surface area contributed by atoms with E-state index in [1.165, 1.54) is 5.56 Å². The summed E-state index contributed by atoms with van der Waals surface area (Å²) in [5.41, 5.74) is 3.44. The second kappa shape index (κ2) is 5.63. The van der Waals surface area contributed by atoms with Crippen LogP contribution in [0.5, 0.6) is 5.75 Å². The molecule has 3 heteroatoms. The molecular formula is C15H19NO2. The zero-order valence-electron chi connectivity index (χ0n) is 11.1. The topological polar surface area (TPSA) is 34.4 Å². The fourth-order valence-electron chi connectivity index (χ4n) is 1.89. The molecule has 0 saturated carbocycles. The van der Waals surface area contributed by atoms with E-state index in [9.17, 15) is 0 Å². The Hall–Kier alpha value is -1.90. The predicted octanol–water partition coefficient (Wildman–Crippen LogP) is 4.16. The lowest BCUT2D eigenvalue weighted by atomic mass is 10.1. The van der Waals surface area contributed by atoms with Gasteiger partial charge in [-0.15, -0.1) is 0 Å². The number of benzene rings is 1. The fraction of sp³-hybridized carbons (Fsp3) is 0.333. The molecule has 1 unspecified atom stereocenters. The normalized spacial score (nSPS) is 12.2. The minimum absolute atomic E-state index is 0.223. The predicted molar refractivity (Wildman–Crippen MR) is 73.1 cm³/mol. The fourth-order valence-corrected chi connectivity index (χ4v) is 1.89. The van der Waals surface area contributed by atoms with Crippen molar-refractivity contribution >= 4 is 5.69 Å². The lowest BCUT2D eigenvalue weighted by Crippen LogP contribution is -2.06. The van der Waals surface area contributed by atoms with Crippen molar-refractivity contribution in [2.24, 2.45) is 0 Å². The molecule has 0 fully saturated rings. The van der Waals surface area contributed by atoms with E-state index in [4.69, 9.17) is 9.15 Å². The highest BCUT2D eigenvalue weighted by atomic mass is 16.5. The summed E-state index contributed by atoms with van der Waals surface area (Å²) in [5, 5.41) is 3.47. The van der Waals surface area contributed by atoms with Crippen LogP contribution in [0.15, 0.2) is 41.2 Å². The molecule has 18 heavy (non-hydrogen) atoms. The maximum Gasteiger partial charge on any atom is 0.119 e. The number of nitrogens with one attached hydrogen (secondary N) is 1.